The first kappa shape index (κ1) is 23.2. The number of nitrogens with zero attached hydrogens (tertiary/aromatic N) is 2. The molecule has 0 aliphatic carbocycles. The van der Waals surface area contributed by atoms with Crippen LogP contribution in [0.5, 0.6) is 5.75 Å². The van der Waals surface area contributed by atoms with Crippen LogP contribution in [0, 0.1) is 19.7 Å². The molecule has 0 radical (unpaired) electrons. The predicted octanol–water partition coefficient (Wildman–Crippen LogP) is 5.98. The summed E-state index contributed by atoms with van der Waals surface area (Å²) in [7, 11) is 0. The Kier molecular flexibility index (Phi) is 6.50. The van der Waals surface area contributed by atoms with Gasteiger partial charge in [0.05, 0.1) is 23.4 Å². The molecule has 2 atom stereocenters. The van der Waals surface area contributed by atoms with Crippen LogP contribution in [-0.2, 0) is 4.79 Å². The SMILES string of the molecule is C=C(C)C(=O)N[C@@H](C)[C@H](Oc1ccc2c(cnn2-c2ccc(F)cc2)c1)c1ccc(C)cc1C. The second-order valence-corrected chi connectivity index (χ2v) is 8.69. The molecule has 174 valence electrons. The lowest BCUT2D eigenvalue weighted by atomic mass is 9.96. The third-order valence-corrected chi connectivity index (χ3v) is 5.81. The van der Waals surface area contributed by atoms with E-state index in [1.54, 1.807) is 29.9 Å². The van der Waals surface area contributed by atoms with Gasteiger partial charge in [-0.25, -0.2) is 9.07 Å². The summed E-state index contributed by atoms with van der Waals surface area (Å²) in [5, 5.41) is 8.35. The van der Waals surface area contributed by atoms with Crippen molar-refractivity contribution < 1.29 is 13.9 Å². The number of rotatable bonds is 7. The number of benzene rings is 3. The van der Waals surface area contributed by atoms with Gasteiger partial charge < -0.3 is 10.1 Å². The molecule has 6 heteroatoms. The third kappa shape index (κ3) is 4.86. The van der Waals surface area contributed by atoms with Gasteiger partial charge in [-0.3, -0.25) is 4.79 Å². The second-order valence-electron chi connectivity index (χ2n) is 8.69. The highest BCUT2D eigenvalue weighted by atomic mass is 19.1. The van der Waals surface area contributed by atoms with Crippen LogP contribution in [0.15, 0.2) is 79.0 Å². The lowest BCUT2D eigenvalue weighted by Crippen LogP contribution is -2.39. The highest BCUT2D eigenvalue weighted by Crippen LogP contribution is 2.31. The molecule has 0 bridgehead atoms. The minimum absolute atomic E-state index is 0.207. The van der Waals surface area contributed by atoms with E-state index < -0.39 is 6.10 Å². The number of nitrogens with one attached hydrogen (secondary N) is 1. The molecule has 1 amide bonds. The minimum atomic E-state index is -0.409. The number of aryl methyl sites for hydroxylation is 2. The molecule has 0 fully saturated rings. The average Bonchev–Trinajstić information content (AvgIpc) is 3.21. The van der Waals surface area contributed by atoms with Crippen LogP contribution in [0.2, 0.25) is 0 Å². The van der Waals surface area contributed by atoms with Crippen LogP contribution in [0.25, 0.3) is 16.6 Å². The highest BCUT2D eigenvalue weighted by molar-refractivity contribution is 5.92. The number of hydrogen-bond donors (Lipinski definition) is 1. The van der Waals surface area contributed by atoms with E-state index in [9.17, 15) is 9.18 Å². The van der Waals surface area contributed by atoms with Gasteiger partial charge >= 0.3 is 0 Å². The molecular weight excluding hydrogens is 429 g/mol. The summed E-state index contributed by atoms with van der Waals surface area (Å²) in [4.78, 5) is 12.3. The van der Waals surface area contributed by atoms with Crippen molar-refractivity contribution in [3.8, 4) is 11.4 Å². The maximum Gasteiger partial charge on any atom is 0.246 e. The summed E-state index contributed by atoms with van der Waals surface area (Å²) < 4.78 is 21.5. The lowest BCUT2D eigenvalue weighted by molar-refractivity contribution is -0.118. The van der Waals surface area contributed by atoms with Crippen LogP contribution in [0.3, 0.4) is 0 Å². The molecule has 1 heterocycles. The summed E-state index contributed by atoms with van der Waals surface area (Å²) in [5.41, 5.74) is 5.35. The van der Waals surface area contributed by atoms with Gasteiger partial charge in [-0.2, -0.15) is 5.10 Å². The quantitative estimate of drug-likeness (QED) is 0.347. The van der Waals surface area contributed by atoms with E-state index in [4.69, 9.17) is 4.74 Å². The van der Waals surface area contributed by atoms with E-state index in [-0.39, 0.29) is 17.8 Å². The summed E-state index contributed by atoms with van der Waals surface area (Å²) >= 11 is 0. The van der Waals surface area contributed by atoms with E-state index in [0.29, 0.717) is 11.3 Å². The van der Waals surface area contributed by atoms with Gasteiger partial charge in [0.1, 0.15) is 17.7 Å². The number of halogens is 1. The Balaban J connectivity index is 1.67. The molecule has 0 saturated heterocycles. The Morgan fingerprint density at radius 1 is 1.09 bits per heavy atom. The number of hydrogen-bond acceptors (Lipinski definition) is 3. The van der Waals surface area contributed by atoms with Crippen LogP contribution < -0.4 is 10.1 Å². The summed E-state index contributed by atoms with van der Waals surface area (Å²) in [6, 6.07) is 17.8. The molecule has 0 aliphatic rings. The van der Waals surface area contributed by atoms with Crippen LogP contribution in [0.4, 0.5) is 4.39 Å². The molecule has 5 nitrogen and oxygen atoms in total. The fourth-order valence-electron chi connectivity index (χ4n) is 4.00. The van der Waals surface area contributed by atoms with Crippen molar-refractivity contribution in [3.63, 3.8) is 0 Å². The van der Waals surface area contributed by atoms with Crippen molar-refractivity contribution in [2.75, 3.05) is 0 Å². The van der Waals surface area contributed by atoms with Gasteiger partial charge in [0.25, 0.3) is 0 Å². The average molecular weight is 458 g/mol. The Hall–Kier alpha value is -3.93. The van der Waals surface area contributed by atoms with Crippen LogP contribution in [-0.4, -0.2) is 21.7 Å². The van der Waals surface area contributed by atoms with Gasteiger partial charge in [0.2, 0.25) is 5.91 Å². The maximum absolute atomic E-state index is 13.3. The fourth-order valence-corrected chi connectivity index (χ4v) is 4.00. The van der Waals surface area contributed by atoms with E-state index in [0.717, 1.165) is 33.3 Å². The zero-order valence-electron chi connectivity index (χ0n) is 19.8. The molecule has 3 aromatic carbocycles. The standard InChI is InChI=1S/C28H28FN3O2/c1-17(2)28(33)31-20(5)27(25-12-6-18(3)14-19(25)4)34-24-11-13-26-21(15-24)16-30-32(26)23-9-7-22(29)8-10-23/h6-16,20,27H,1H2,2-5H3,(H,31,33)/t20-,27-/m0/s1. The van der Waals surface area contributed by atoms with Gasteiger partial charge in [-0.05, 0) is 81.3 Å². The zero-order valence-corrected chi connectivity index (χ0v) is 19.8. The summed E-state index contributed by atoms with van der Waals surface area (Å²) in [6.45, 7) is 11.4. The molecule has 0 aliphatic heterocycles. The Labute approximate surface area is 198 Å². The summed E-state index contributed by atoms with van der Waals surface area (Å²) in [5.74, 6) is 0.163. The molecule has 4 rings (SSSR count). The molecular formula is C28H28FN3O2. The van der Waals surface area contributed by atoms with E-state index in [2.05, 4.69) is 23.1 Å². The Morgan fingerprint density at radius 2 is 1.82 bits per heavy atom. The van der Waals surface area contributed by atoms with Crippen molar-refractivity contribution in [1.29, 1.82) is 0 Å². The lowest BCUT2D eigenvalue weighted by Gasteiger charge is -2.28. The predicted molar refractivity (Wildman–Crippen MR) is 133 cm³/mol. The molecule has 0 spiro atoms. The number of carbonyl (C=O) groups is 1. The molecule has 0 saturated carbocycles. The largest absolute Gasteiger partial charge is 0.484 e. The number of fused-ring (bicyclic) bond motifs is 1. The van der Waals surface area contributed by atoms with Crippen molar-refractivity contribution in [1.82, 2.24) is 15.1 Å². The van der Waals surface area contributed by atoms with Crippen LogP contribution >= 0.6 is 0 Å². The Morgan fingerprint density at radius 3 is 2.50 bits per heavy atom. The number of aromatic nitrogens is 2. The van der Waals surface area contributed by atoms with Crippen molar-refractivity contribution >= 4 is 16.8 Å². The maximum atomic E-state index is 13.3. The first-order valence-electron chi connectivity index (χ1n) is 11.2. The van der Waals surface area contributed by atoms with Crippen molar-refractivity contribution in [2.45, 2.75) is 39.8 Å². The third-order valence-electron chi connectivity index (χ3n) is 5.81. The first-order chi connectivity index (χ1) is 16.2. The van der Waals surface area contributed by atoms with E-state index in [1.807, 2.05) is 51.1 Å². The van der Waals surface area contributed by atoms with E-state index in [1.165, 1.54) is 12.1 Å². The smallest absolute Gasteiger partial charge is 0.246 e. The fraction of sp³-hybridized carbons (Fsp3) is 0.214. The zero-order chi connectivity index (χ0) is 24.4. The van der Waals surface area contributed by atoms with Gasteiger partial charge in [0, 0.05) is 11.0 Å². The molecule has 1 N–H and O–H groups in total. The normalized spacial score (nSPS) is 12.9. The molecule has 34 heavy (non-hydrogen) atoms. The van der Waals surface area contributed by atoms with Gasteiger partial charge in [0.15, 0.2) is 0 Å². The number of ether oxygens (including phenoxy) is 1. The minimum Gasteiger partial charge on any atom is -0.484 e. The molecule has 1 aromatic heterocycles. The van der Waals surface area contributed by atoms with Crippen molar-refractivity contribution in [3.05, 3.63) is 102 Å². The number of amides is 1. The molecule has 0 unspecified atom stereocenters. The molecule has 4 aromatic rings. The summed E-state index contributed by atoms with van der Waals surface area (Å²) in [6.07, 6.45) is 1.35. The van der Waals surface area contributed by atoms with Gasteiger partial charge in [-0.1, -0.05) is 30.3 Å². The number of carbonyl (C=O) groups excluding carboxylic acids is 1. The Bertz CT molecular complexity index is 1360. The van der Waals surface area contributed by atoms with E-state index >= 15 is 0 Å². The highest BCUT2D eigenvalue weighted by Gasteiger charge is 2.25. The topological polar surface area (TPSA) is 56.1 Å². The first-order valence-corrected chi connectivity index (χ1v) is 11.2. The van der Waals surface area contributed by atoms with Gasteiger partial charge in [-0.15, -0.1) is 0 Å². The monoisotopic (exact) mass is 457 g/mol. The van der Waals surface area contributed by atoms with Crippen LogP contribution in [0.1, 0.15) is 36.6 Å². The second kappa shape index (κ2) is 9.51. The van der Waals surface area contributed by atoms with Crippen molar-refractivity contribution in [2.24, 2.45) is 0 Å².